The van der Waals surface area contributed by atoms with Crippen LogP contribution in [0.4, 0.5) is 0 Å². The molecular weight excluding hydrogens is 412 g/mol. The van der Waals surface area contributed by atoms with Crippen molar-refractivity contribution in [1.29, 1.82) is 0 Å². The molecule has 0 atom stereocenters. The lowest BCUT2D eigenvalue weighted by atomic mass is 9.89. The predicted molar refractivity (Wildman–Crippen MR) is 144 cm³/mol. The molecule has 0 saturated heterocycles. The maximum absolute atomic E-state index is 4.88. The largest absolute Gasteiger partial charge is 0.327 e. The van der Waals surface area contributed by atoms with Crippen molar-refractivity contribution in [2.75, 3.05) is 0 Å². The van der Waals surface area contributed by atoms with E-state index in [1.807, 2.05) is 6.07 Å². The van der Waals surface area contributed by atoms with Gasteiger partial charge in [-0.2, -0.15) is 0 Å². The molecule has 160 valence electrons. The fourth-order valence-corrected chi connectivity index (χ4v) is 5.32. The molecule has 7 rings (SSSR count). The summed E-state index contributed by atoms with van der Waals surface area (Å²) in [5.41, 5.74) is 5.80. The van der Waals surface area contributed by atoms with Gasteiger partial charge in [0, 0.05) is 12.6 Å². The molecule has 0 amide bonds. The monoisotopic (exact) mass is 434 g/mol. The molecule has 34 heavy (non-hydrogen) atoms. The summed E-state index contributed by atoms with van der Waals surface area (Å²) in [5, 5.41) is 7.69. The van der Waals surface area contributed by atoms with E-state index < -0.39 is 0 Å². The number of hydrogen-bond donors (Lipinski definition) is 0. The molecule has 2 heteroatoms. The van der Waals surface area contributed by atoms with Crippen LogP contribution in [0.15, 0.2) is 115 Å². The summed E-state index contributed by atoms with van der Waals surface area (Å²) >= 11 is 0. The summed E-state index contributed by atoms with van der Waals surface area (Å²) < 4.78 is 2.17. The van der Waals surface area contributed by atoms with Crippen molar-refractivity contribution in [3.63, 3.8) is 0 Å². The minimum absolute atomic E-state index is 0.988. The highest BCUT2D eigenvalue weighted by atomic mass is 15.1. The molecule has 6 aromatic carbocycles. The van der Waals surface area contributed by atoms with E-state index in [0.717, 1.165) is 22.4 Å². The summed E-state index contributed by atoms with van der Waals surface area (Å²) in [5.74, 6) is 0.988. The number of aryl methyl sites for hydroxylation is 1. The Balaban J connectivity index is 1.47. The standard InChI is InChI=1S/C32H22N2/c1-34-30-13-7-6-12-29(30)33-32(34)23-16-14-22(15-17-23)31-26-11-5-3-9-24(26)20-28-25-10-4-2-8-21(25)18-19-27(28)31/h2-20H,1H3. The maximum Gasteiger partial charge on any atom is 0.140 e. The van der Waals surface area contributed by atoms with E-state index in [1.54, 1.807) is 0 Å². The maximum atomic E-state index is 4.88. The van der Waals surface area contributed by atoms with E-state index in [1.165, 1.54) is 43.4 Å². The lowest BCUT2D eigenvalue weighted by Gasteiger charge is -2.14. The molecule has 0 saturated carbocycles. The highest BCUT2D eigenvalue weighted by molar-refractivity contribution is 6.20. The summed E-state index contributed by atoms with van der Waals surface area (Å²) in [6.45, 7) is 0. The second-order valence-corrected chi connectivity index (χ2v) is 8.92. The minimum atomic E-state index is 0.988. The summed E-state index contributed by atoms with van der Waals surface area (Å²) in [6, 6.07) is 41.4. The summed E-state index contributed by atoms with van der Waals surface area (Å²) in [4.78, 5) is 4.88. The first-order valence-electron chi connectivity index (χ1n) is 11.6. The molecule has 0 N–H and O–H groups in total. The van der Waals surface area contributed by atoms with E-state index >= 15 is 0 Å². The van der Waals surface area contributed by atoms with Gasteiger partial charge in [0.25, 0.3) is 0 Å². The van der Waals surface area contributed by atoms with Crippen molar-refractivity contribution in [1.82, 2.24) is 9.55 Å². The second-order valence-electron chi connectivity index (χ2n) is 8.92. The number of aromatic nitrogens is 2. The molecule has 0 fully saturated rings. The van der Waals surface area contributed by atoms with Gasteiger partial charge in [0.2, 0.25) is 0 Å². The number of imidazole rings is 1. The number of rotatable bonds is 2. The van der Waals surface area contributed by atoms with Gasteiger partial charge in [-0.1, -0.05) is 97.1 Å². The summed E-state index contributed by atoms with van der Waals surface area (Å²) in [7, 11) is 2.09. The Morgan fingerprint density at radius 2 is 1.21 bits per heavy atom. The first-order chi connectivity index (χ1) is 16.8. The van der Waals surface area contributed by atoms with Crippen LogP contribution in [0.25, 0.3) is 65.9 Å². The first kappa shape index (κ1) is 19.1. The number of nitrogens with zero attached hydrogens (tertiary/aromatic N) is 2. The van der Waals surface area contributed by atoms with Crippen molar-refractivity contribution in [3.8, 4) is 22.5 Å². The molecule has 0 aliphatic carbocycles. The smallest absolute Gasteiger partial charge is 0.140 e. The van der Waals surface area contributed by atoms with Gasteiger partial charge in [0.15, 0.2) is 0 Å². The van der Waals surface area contributed by atoms with Crippen LogP contribution >= 0.6 is 0 Å². The van der Waals surface area contributed by atoms with Crippen molar-refractivity contribution in [2.45, 2.75) is 0 Å². The van der Waals surface area contributed by atoms with Crippen LogP contribution in [0.5, 0.6) is 0 Å². The van der Waals surface area contributed by atoms with Crippen molar-refractivity contribution >= 4 is 43.4 Å². The van der Waals surface area contributed by atoms with Gasteiger partial charge in [-0.25, -0.2) is 4.98 Å². The van der Waals surface area contributed by atoms with Gasteiger partial charge in [-0.3, -0.25) is 0 Å². The molecular formula is C32H22N2. The zero-order valence-electron chi connectivity index (χ0n) is 18.9. The van der Waals surface area contributed by atoms with Crippen molar-refractivity contribution in [2.24, 2.45) is 7.05 Å². The summed E-state index contributed by atoms with van der Waals surface area (Å²) in [6.07, 6.45) is 0. The average Bonchev–Trinajstić information content (AvgIpc) is 3.24. The zero-order valence-corrected chi connectivity index (χ0v) is 18.9. The lowest BCUT2D eigenvalue weighted by Crippen LogP contribution is -1.92. The second kappa shape index (κ2) is 7.29. The lowest BCUT2D eigenvalue weighted by molar-refractivity contribution is 0.959. The van der Waals surface area contributed by atoms with Crippen LogP contribution in [0, 0.1) is 0 Å². The van der Waals surface area contributed by atoms with Crippen molar-refractivity contribution in [3.05, 3.63) is 115 Å². The number of para-hydroxylation sites is 2. The molecule has 1 heterocycles. The Bertz CT molecular complexity index is 1860. The van der Waals surface area contributed by atoms with E-state index in [0.29, 0.717) is 0 Å². The fraction of sp³-hybridized carbons (Fsp3) is 0.0312. The molecule has 1 aromatic heterocycles. The third kappa shape index (κ3) is 2.79. The van der Waals surface area contributed by atoms with Gasteiger partial charge in [-0.05, 0) is 61.6 Å². The average molecular weight is 435 g/mol. The fourth-order valence-electron chi connectivity index (χ4n) is 5.32. The zero-order chi connectivity index (χ0) is 22.6. The third-order valence-electron chi connectivity index (χ3n) is 6.99. The van der Waals surface area contributed by atoms with Crippen LogP contribution in [0.3, 0.4) is 0 Å². The molecule has 0 aliphatic rings. The first-order valence-corrected chi connectivity index (χ1v) is 11.6. The highest BCUT2D eigenvalue weighted by Gasteiger charge is 2.14. The Morgan fingerprint density at radius 1 is 0.529 bits per heavy atom. The van der Waals surface area contributed by atoms with Gasteiger partial charge >= 0.3 is 0 Å². The van der Waals surface area contributed by atoms with E-state index in [-0.39, 0.29) is 0 Å². The predicted octanol–water partition coefficient (Wildman–Crippen LogP) is 8.37. The van der Waals surface area contributed by atoms with E-state index in [2.05, 4.69) is 121 Å². The Morgan fingerprint density at radius 3 is 2.03 bits per heavy atom. The number of hydrogen-bond acceptors (Lipinski definition) is 1. The third-order valence-corrected chi connectivity index (χ3v) is 6.99. The molecule has 0 bridgehead atoms. The normalized spacial score (nSPS) is 11.7. The quantitative estimate of drug-likeness (QED) is 0.197. The molecule has 0 aliphatic heterocycles. The van der Waals surface area contributed by atoms with Crippen molar-refractivity contribution < 1.29 is 0 Å². The van der Waals surface area contributed by atoms with Gasteiger partial charge in [-0.15, -0.1) is 0 Å². The topological polar surface area (TPSA) is 17.8 Å². The Labute approximate surface area is 197 Å². The molecule has 0 radical (unpaired) electrons. The van der Waals surface area contributed by atoms with E-state index in [4.69, 9.17) is 4.98 Å². The van der Waals surface area contributed by atoms with Crippen LogP contribution in [0.2, 0.25) is 0 Å². The SMILES string of the molecule is Cn1c(-c2ccc(-c3c4ccccc4cc4c3ccc3ccccc34)cc2)nc2ccccc21. The molecule has 7 aromatic rings. The number of benzene rings is 6. The van der Waals surface area contributed by atoms with Crippen LogP contribution < -0.4 is 0 Å². The van der Waals surface area contributed by atoms with Crippen LogP contribution in [-0.2, 0) is 7.05 Å². The van der Waals surface area contributed by atoms with Crippen LogP contribution in [-0.4, -0.2) is 9.55 Å². The number of fused-ring (bicyclic) bond motifs is 5. The van der Waals surface area contributed by atoms with Crippen LogP contribution in [0.1, 0.15) is 0 Å². The van der Waals surface area contributed by atoms with E-state index in [9.17, 15) is 0 Å². The molecule has 0 spiro atoms. The molecule has 2 nitrogen and oxygen atoms in total. The Kier molecular flexibility index (Phi) is 4.09. The Hall–Kier alpha value is -4.43. The van der Waals surface area contributed by atoms with Gasteiger partial charge in [0.1, 0.15) is 5.82 Å². The van der Waals surface area contributed by atoms with Gasteiger partial charge in [0.05, 0.1) is 11.0 Å². The molecule has 0 unspecified atom stereocenters. The minimum Gasteiger partial charge on any atom is -0.327 e. The highest BCUT2D eigenvalue weighted by Crippen LogP contribution is 2.39. The van der Waals surface area contributed by atoms with Gasteiger partial charge < -0.3 is 4.57 Å².